The lowest BCUT2D eigenvalue weighted by Gasteiger charge is -2.19. The van der Waals surface area contributed by atoms with E-state index in [0.29, 0.717) is 19.6 Å². The predicted molar refractivity (Wildman–Crippen MR) is 62.8 cm³/mol. The molecule has 86 valence electrons. The van der Waals surface area contributed by atoms with Gasteiger partial charge in [0.25, 0.3) is 10.2 Å². The van der Waals surface area contributed by atoms with E-state index in [1.54, 1.807) is 0 Å². The molecule has 0 heterocycles. The molecule has 1 atom stereocenters. The Balaban J connectivity index is 4.20. The number of alkyl halides is 1. The van der Waals surface area contributed by atoms with Crippen molar-refractivity contribution in [3.8, 4) is 0 Å². The smallest absolute Gasteiger partial charge is 0.201 e. The average Bonchev–Trinajstić information content (AvgIpc) is 2.15. The molecular formula is C8H19BrN2O2S. The first-order valence-corrected chi connectivity index (χ1v) is 7.22. The molecule has 0 aromatic carbocycles. The summed E-state index contributed by atoms with van der Waals surface area (Å²) >= 11 is 3.38. The van der Waals surface area contributed by atoms with Gasteiger partial charge < -0.3 is 0 Å². The molecule has 0 fully saturated rings. The molecule has 0 rings (SSSR count). The molecule has 0 saturated carbocycles. The van der Waals surface area contributed by atoms with Crippen molar-refractivity contribution in [3.05, 3.63) is 0 Å². The van der Waals surface area contributed by atoms with Crippen molar-refractivity contribution in [3.63, 3.8) is 0 Å². The molecule has 0 bridgehead atoms. The highest BCUT2D eigenvalue weighted by atomic mass is 79.9. The summed E-state index contributed by atoms with van der Waals surface area (Å²) in [4.78, 5) is 0.202. The number of rotatable bonds is 7. The van der Waals surface area contributed by atoms with Gasteiger partial charge in [-0.25, -0.2) is 4.72 Å². The van der Waals surface area contributed by atoms with Crippen LogP contribution in [-0.2, 0) is 10.2 Å². The van der Waals surface area contributed by atoms with Gasteiger partial charge in [0.15, 0.2) is 0 Å². The van der Waals surface area contributed by atoms with Gasteiger partial charge in [-0.05, 0) is 6.42 Å². The molecule has 1 unspecified atom stereocenters. The maximum atomic E-state index is 11.6. The quantitative estimate of drug-likeness (QED) is 0.718. The van der Waals surface area contributed by atoms with Gasteiger partial charge in [-0.3, -0.25) is 0 Å². The minimum atomic E-state index is -3.27. The van der Waals surface area contributed by atoms with Crippen LogP contribution in [-0.4, -0.2) is 37.2 Å². The van der Waals surface area contributed by atoms with Gasteiger partial charge in [0.1, 0.15) is 0 Å². The Morgan fingerprint density at radius 3 is 2.14 bits per heavy atom. The predicted octanol–water partition coefficient (Wildman–Crippen LogP) is 1.34. The van der Waals surface area contributed by atoms with Crippen LogP contribution in [0.4, 0.5) is 0 Å². The fourth-order valence-corrected chi connectivity index (χ4v) is 2.65. The van der Waals surface area contributed by atoms with Crippen molar-refractivity contribution in [1.29, 1.82) is 0 Å². The van der Waals surface area contributed by atoms with Crippen LogP contribution in [0.5, 0.6) is 0 Å². The SMILES string of the molecule is CCC(Br)CNS(=O)(=O)N(CC)CC. The molecule has 1 N–H and O–H groups in total. The van der Waals surface area contributed by atoms with E-state index in [4.69, 9.17) is 0 Å². The summed E-state index contributed by atoms with van der Waals surface area (Å²) in [7, 11) is -3.27. The molecule has 0 aromatic rings. The van der Waals surface area contributed by atoms with Crippen molar-refractivity contribution in [1.82, 2.24) is 9.03 Å². The number of halogens is 1. The highest BCUT2D eigenvalue weighted by Crippen LogP contribution is 2.04. The van der Waals surface area contributed by atoms with Gasteiger partial charge in [-0.2, -0.15) is 12.7 Å². The summed E-state index contributed by atoms with van der Waals surface area (Å²) in [5.74, 6) is 0. The first kappa shape index (κ1) is 14.3. The number of nitrogens with zero attached hydrogens (tertiary/aromatic N) is 1. The van der Waals surface area contributed by atoms with Crippen LogP contribution in [0.3, 0.4) is 0 Å². The van der Waals surface area contributed by atoms with Crippen LogP contribution in [0.25, 0.3) is 0 Å². The third-order valence-corrected chi connectivity index (χ3v) is 4.67. The van der Waals surface area contributed by atoms with Gasteiger partial charge in [-0.15, -0.1) is 0 Å². The standard InChI is InChI=1S/C8H19BrN2O2S/c1-4-8(9)7-10-14(12,13)11(5-2)6-3/h8,10H,4-7H2,1-3H3. The van der Waals surface area contributed by atoms with Crippen molar-refractivity contribution >= 4 is 26.1 Å². The summed E-state index contributed by atoms with van der Waals surface area (Å²) < 4.78 is 27.2. The number of hydrogen-bond acceptors (Lipinski definition) is 2. The van der Waals surface area contributed by atoms with E-state index in [1.807, 2.05) is 20.8 Å². The van der Waals surface area contributed by atoms with E-state index in [0.717, 1.165) is 6.42 Å². The van der Waals surface area contributed by atoms with Gasteiger partial charge >= 0.3 is 0 Å². The lowest BCUT2D eigenvalue weighted by molar-refractivity contribution is 0.435. The molecular weight excluding hydrogens is 268 g/mol. The van der Waals surface area contributed by atoms with Crippen molar-refractivity contribution in [2.45, 2.75) is 32.0 Å². The van der Waals surface area contributed by atoms with E-state index >= 15 is 0 Å². The maximum Gasteiger partial charge on any atom is 0.279 e. The Kier molecular flexibility index (Phi) is 6.93. The molecule has 0 saturated heterocycles. The van der Waals surface area contributed by atoms with E-state index in [2.05, 4.69) is 20.7 Å². The second kappa shape index (κ2) is 6.76. The number of nitrogens with one attached hydrogen (secondary N) is 1. The number of hydrogen-bond donors (Lipinski definition) is 1. The van der Waals surface area contributed by atoms with Crippen LogP contribution >= 0.6 is 15.9 Å². The molecule has 14 heavy (non-hydrogen) atoms. The van der Waals surface area contributed by atoms with Crippen molar-refractivity contribution in [2.75, 3.05) is 19.6 Å². The Labute approximate surface area is 95.4 Å². The molecule has 4 nitrogen and oxygen atoms in total. The van der Waals surface area contributed by atoms with Crippen LogP contribution < -0.4 is 4.72 Å². The summed E-state index contributed by atoms with van der Waals surface area (Å²) in [5.41, 5.74) is 0. The third-order valence-electron chi connectivity index (χ3n) is 1.98. The molecule has 0 aliphatic heterocycles. The van der Waals surface area contributed by atoms with E-state index in [-0.39, 0.29) is 4.83 Å². The zero-order chi connectivity index (χ0) is 11.2. The topological polar surface area (TPSA) is 49.4 Å². The van der Waals surface area contributed by atoms with Crippen molar-refractivity contribution < 1.29 is 8.42 Å². The average molecular weight is 287 g/mol. The Hall–Kier alpha value is 0.350. The monoisotopic (exact) mass is 286 g/mol. The van der Waals surface area contributed by atoms with E-state index < -0.39 is 10.2 Å². The highest BCUT2D eigenvalue weighted by Gasteiger charge is 2.18. The highest BCUT2D eigenvalue weighted by molar-refractivity contribution is 9.09. The summed E-state index contributed by atoms with van der Waals surface area (Å²) in [6, 6.07) is 0. The molecule has 0 aliphatic carbocycles. The molecule has 6 heteroatoms. The first-order chi connectivity index (χ1) is 6.47. The fraction of sp³-hybridized carbons (Fsp3) is 1.00. The van der Waals surface area contributed by atoms with Crippen LogP contribution in [0.1, 0.15) is 27.2 Å². The second-order valence-electron chi connectivity index (χ2n) is 2.94. The summed E-state index contributed by atoms with van der Waals surface area (Å²) in [6.07, 6.45) is 0.904. The lowest BCUT2D eigenvalue weighted by atomic mass is 10.3. The van der Waals surface area contributed by atoms with Crippen LogP contribution in [0, 0.1) is 0 Å². The molecule has 0 spiro atoms. The molecule has 0 amide bonds. The van der Waals surface area contributed by atoms with Crippen LogP contribution in [0.2, 0.25) is 0 Å². The molecule has 0 aliphatic rings. The lowest BCUT2D eigenvalue weighted by Crippen LogP contribution is -2.42. The van der Waals surface area contributed by atoms with Gasteiger partial charge in [0.2, 0.25) is 0 Å². The minimum absolute atomic E-state index is 0.202. The Bertz CT molecular complexity index is 240. The molecule has 0 aromatic heterocycles. The van der Waals surface area contributed by atoms with Gasteiger partial charge in [0, 0.05) is 24.5 Å². The first-order valence-electron chi connectivity index (χ1n) is 4.86. The zero-order valence-electron chi connectivity index (χ0n) is 8.96. The molecule has 0 radical (unpaired) electrons. The zero-order valence-corrected chi connectivity index (χ0v) is 11.4. The van der Waals surface area contributed by atoms with Gasteiger partial charge in [0.05, 0.1) is 0 Å². The van der Waals surface area contributed by atoms with Crippen LogP contribution in [0.15, 0.2) is 0 Å². The normalized spacial score (nSPS) is 14.6. The maximum absolute atomic E-state index is 11.6. The van der Waals surface area contributed by atoms with Crippen molar-refractivity contribution in [2.24, 2.45) is 0 Å². The van der Waals surface area contributed by atoms with E-state index in [9.17, 15) is 8.42 Å². The summed E-state index contributed by atoms with van der Waals surface area (Å²) in [5, 5.41) is 0. The Morgan fingerprint density at radius 1 is 1.29 bits per heavy atom. The minimum Gasteiger partial charge on any atom is -0.201 e. The largest absolute Gasteiger partial charge is 0.279 e. The Morgan fingerprint density at radius 2 is 1.79 bits per heavy atom. The summed E-state index contributed by atoms with van der Waals surface area (Å²) in [6.45, 7) is 7.11. The van der Waals surface area contributed by atoms with Gasteiger partial charge in [-0.1, -0.05) is 36.7 Å². The third kappa shape index (κ3) is 4.72. The second-order valence-corrected chi connectivity index (χ2v) is 5.99. The van der Waals surface area contributed by atoms with E-state index in [1.165, 1.54) is 4.31 Å². The fourth-order valence-electron chi connectivity index (χ4n) is 0.995.